The van der Waals surface area contributed by atoms with Crippen molar-refractivity contribution in [1.82, 2.24) is 10.2 Å². The van der Waals surface area contributed by atoms with Gasteiger partial charge < -0.3 is 10.2 Å². The van der Waals surface area contributed by atoms with E-state index in [0.717, 1.165) is 62.9 Å². The van der Waals surface area contributed by atoms with Gasteiger partial charge in [-0.2, -0.15) is 5.26 Å². The van der Waals surface area contributed by atoms with E-state index in [9.17, 15) is 9.59 Å². The lowest BCUT2D eigenvalue weighted by molar-refractivity contribution is -0.159. The van der Waals surface area contributed by atoms with Gasteiger partial charge in [0.05, 0.1) is 11.5 Å². The normalized spacial score (nSPS) is 36.9. The molecule has 1 aliphatic heterocycles. The monoisotopic (exact) mass is 343 g/mol. The summed E-state index contributed by atoms with van der Waals surface area (Å²) < 4.78 is 0. The highest BCUT2D eigenvalue weighted by molar-refractivity contribution is 5.83. The van der Waals surface area contributed by atoms with Crippen LogP contribution in [0.2, 0.25) is 0 Å². The summed E-state index contributed by atoms with van der Waals surface area (Å²) in [5.74, 6) is 3.12. The van der Waals surface area contributed by atoms with Gasteiger partial charge in [-0.15, -0.1) is 0 Å². The summed E-state index contributed by atoms with van der Waals surface area (Å²) in [5, 5.41) is 11.4. The molecule has 0 spiro atoms. The van der Waals surface area contributed by atoms with E-state index in [4.69, 9.17) is 5.26 Å². The highest BCUT2D eigenvalue weighted by Crippen LogP contribution is 2.60. The van der Waals surface area contributed by atoms with Crippen molar-refractivity contribution in [3.8, 4) is 6.07 Å². The molecule has 4 saturated carbocycles. The van der Waals surface area contributed by atoms with Crippen LogP contribution in [0.15, 0.2) is 0 Å². The summed E-state index contributed by atoms with van der Waals surface area (Å²) in [5.41, 5.74) is -0.0252. The van der Waals surface area contributed by atoms with Crippen LogP contribution in [0.3, 0.4) is 0 Å². The average Bonchev–Trinajstić information content (AvgIpc) is 2.59. The Bertz CT molecular complexity index is 551. The Morgan fingerprint density at radius 1 is 1.04 bits per heavy atom. The number of hydrogen-bond donors (Lipinski definition) is 1. The number of likely N-dealkylation sites (tertiary alicyclic amines) is 1. The largest absolute Gasteiger partial charge is 0.355 e. The highest BCUT2D eigenvalue weighted by Gasteiger charge is 2.55. The van der Waals surface area contributed by atoms with E-state index in [1.807, 2.05) is 6.07 Å². The standard InChI is InChI=1S/C20H29N3O2/c21-4-1-18(24)22-13-14-2-5-23(6-3-14)19(25)20-10-15-7-16(11-20)9-17(8-15)12-20/h14-17H,1-3,5-13H2,(H,22,24). The Labute approximate surface area is 150 Å². The van der Waals surface area contributed by atoms with Gasteiger partial charge in [-0.1, -0.05) is 0 Å². The zero-order valence-corrected chi connectivity index (χ0v) is 15.0. The number of carbonyl (C=O) groups is 2. The first-order valence-electron chi connectivity index (χ1n) is 10.0. The first kappa shape index (κ1) is 16.9. The number of piperidine rings is 1. The van der Waals surface area contributed by atoms with Gasteiger partial charge in [0.2, 0.25) is 11.8 Å². The second-order valence-corrected chi connectivity index (χ2v) is 9.07. The minimum absolute atomic E-state index is 0.0252. The van der Waals surface area contributed by atoms with Gasteiger partial charge in [-0.3, -0.25) is 9.59 Å². The fourth-order valence-electron chi connectivity index (χ4n) is 6.44. The van der Waals surface area contributed by atoms with Crippen LogP contribution in [0.1, 0.15) is 57.8 Å². The molecule has 5 nitrogen and oxygen atoms in total. The molecule has 5 heteroatoms. The SMILES string of the molecule is N#CCC(=O)NCC1CCN(C(=O)C23CC4CC(CC(C4)C2)C3)CC1. The van der Waals surface area contributed by atoms with Crippen LogP contribution in [0.4, 0.5) is 0 Å². The van der Waals surface area contributed by atoms with Crippen molar-refractivity contribution in [3.63, 3.8) is 0 Å². The van der Waals surface area contributed by atoms with E-state index in [2.05, 4.69) is 10.2 Å². The van der Waals surface area contributed by atoms with Crippen molar-refractivity contribution < 1.29 is 9.59 Å². The third-order valence-electron chi connectivity index (χ3n) is 7.22. The maximum absolute atomic E-state index is 13.3. The van der Waals surface area contributed by atoms with E-state index in [-0.39, 0.29) is 17.7 Å². The number of carbonyl (C=O) groups excluding carboxylic acids is 2. The molecule has 4 bridgehead atoms. The summed E-state index contributed by atoms with van der Waals surface area (Å²) >= 11 is 0. The summed E-state index contributed by atoms with van der Waals surface area (Å²) in [4.78, 5) is 26.9. The molecule has 1 N–H and O–H groups in total. The lowest BCUT2D eigenvalue weighted by Gasteiger charge is -2.57. The van der Waals surface area contributed by atoms with Crippen molar-refractivity contribution in [2.45, 2.75) is 57.8 Å². The Morgan fingerprint density at radius 3 is 2.12 bits per heavy atom. The summed E-state index contributed by atoms with van der Waals surface area (Å²) in [6.45, 7) is 2.30. The molecule has 5 fully saturated rings. The molecule has 5 aliphatic rings. The first-order valence-corrected chi connectivity index (χ1v) is 10.0. The Balaban J connectivity index is 1.30. The fourth-order valence-corrected chi connectivity index (χ4v) is 6.44. The van der Waals surface area contributed by atoms with Gasteiger partial charge in [0, 0.05) is 19.6 Å². The van der Waals surface area contributed by atoms with Gasteiger partial charge >= 0.3 is 0 Å². The van der Waals surface area contributed by atoms with Crippen molar-refractivity contribution in [3.05, 3.63) is 0 Å². The number of nitriles is 1. The molecule has 0 radical (unpaired) electrons. The van der Waals surface area contributed by atoms with Crippen LogP contribution < -0.4 is 5.32 Å². The lowest BCUT2D eigenvalue weighted by atomic mass is 9.49. The zero-order valence-electron chi connectivity index (χ0n) is 15.0. The number of nitrogens with zero attached hydrogens (tertiary/aromatic N) is 2. The molecule has 4 aliphatic carbocycles. The van der Waals surface area contributed by atoms with E-state index >= 15 is 0 Å². The maximum atomic E-state index is 13.3. The molecule has 25 heavy (non-hydrogen) atoms. The molecule has 136 valence electrons. The van der Waals surface area contributed by atoms with E-state index in [0.29, 0.717) is 18.4 Å². The summed E-state index contributed by atoms with van der Waals surface area (Å²) in [6.07, 6.45) is 9.40. The zero-order chi connectivity index (χ0) is 17.4. The number of amides is 2. The van der Waals surface area contributed by atoms with Gasteiger partial charge in [-0.05, 0) is 75.0 Å². The quantitative estimate of drug-likeness (QED) is 0.852. The lowest BCUT2D eigenvalue weighted by Crippen LogP contribution is -2.56. The number of nitrogens with one attached hydrogen (secondary N) is 1. The molecule has 0 aromatic rings. The molecule has 1 saturated heterocycles. The average molecular weight is 343 g/mol. The minimum Gasteiger partial charge on any atom is -0.355 e. The molecule has 1 heterocycles. The summed E-state index contributed by atoms with van der Waals surface area (Å²) in [6, 6.07) is 1.88. The number of hydrogen-bond acceptors (Lipinski definition) is 3. The van der Waals surface area contributed by atoms with Crippen LogP contribution in [0, 0.1) is 40.4 Å². The molecule has 0 aromatic carbocycles. The van der Waals surface area contributed by atoms with Crippen LogP contribution in [-0.2, 0) is 9.59 Å². The third-order valence-corrected chi connectivity index (χ3v) is 7.22. The van der Waals surface area contributed by atoms with Gasteiger partial charge in [0.1, 0.15) is 6.42 Å². The van der Waals surface area contributed by atoms with E-state index < -0.39 is 0 Å². The predicted molar refractivity (Wildman–Crippen MR) is 93.1 cm³/mol. The second kappa shape index (κ2) is 6.63. The van der Waals surface area contributed by atoms with Crippen LogP contribution in [0.25, 0.3) is 0 Å². The van der Waals surface area contributed by atoms with Gasteiger partial charge in [0.15, 0.2) is 0 Å². The van der Waals surface area contributed by atoms with E-state index in [1.165, 1.54) is 19.3 Å². The smallest absolute Gasteiger partial charge is 0.234 e. The van der Waals surface area contributed by atoms with Crippen LogP contribution >= 0.6 is 0 Å². The molecule has 0 unspecified atom stereocenters. The van der Waals surface area contributed by atoms with Gasteiger partial charge in [0.25, 0.3) is 0 Å². The molecular formula is C20H29N3O2. The van der Waals surface area contributed by atoms with Crippen LogP contribution in [0.5, 0.6) is 0 Å². The third kappa shape index (κ3) is 3.28. The van der Waals surface area contributed by atoms with Crippen LogP contribution in [-0.4, -0.2) is 36.3 Å². The predicted octanol–water partition coefficient (Wildman–Crippen LogP) is 2.47. The molecule has 2 amide bonds. The summed E-state index contributed by atoms with van der Waals surface area (Å²) in [7, 11) is 0. The van der Waals surface area contributed by atoms with Crippen molar-refractivity contribution >= 4 is 11.8 Å². The molecular weight excluding hydrogens is 314 g/mol. The Morgan fingerprint density at radius 2 is 1.60 bits per heavy atom. The first-order chi connectivity index (χ1) is 12.1. The number of rotatable bonds is 4. The topological polar surface area (TPSA) is 73.2 Å². The van der Waals surface area contributed by atoms with Gasteiger partial charge in [-0.25, -0.2) is 0 Å². The fraction of sp³-hybridized carbons (Fsp3) is 0.850. The Hall–Kier alpha value is -1.57. The minimum atomic E-state index is -0.186. The van der Waals surface area contributed by atoms with Crippen molar-refractivity contribution in [1.29, 1.82) is 5.26 Å². The Kier molecular flexibility index (Phi) is 4.47. The highest BCUT2D eigenvalue weighted by atomic mass is 16.2. The van der Waals surface area contributed by atoms with Crippen molar-refractivity contribution in [2.24, 2.45) is 29.1 Å². The second-order valence-electron chi connectivity index (χ2n) is 9.07. The van der Waals surface area contributed by atoms with E-state index in [1.54, 1.807) is 0 Å². The molecule has 0 atom stereocenters. The maximum Gasteiger partial charge on any atom is 0.234 e. The molecule has 0 aromatic heterocycles. The molecule has 5 rings (SSSR count). The van der Waals surface area contributed by atoms with Crippen molar-refractivity contribution in [2.75, 3.05) is 19.6 Å².